The molecule has 0 saturated carbocycles. The summed E-state index contributed by atoms with van der Waals surface area (Å²) < 4.78 is 0. The zero-order valence-corrected chi connectivity index (χ0v) is 22.0. The highest BCUT2D eigenvalue weighted by atomic mass is 16.2. The second-order valence-corrected chi connectivity index (χ2v) is 10.4. The van der Waals surface area contributed by atoms with Gasteiger partial charge in [-0.1, -0.05) is 44.2 Å². The number of piperazine rings is 1. The number of rotatable bonds is 7. The molecule has 0 radical (unpaired) electrons. The molecule has 0 aromatic heterocycles. The summed E-state index contributed by atoms with van der Waals surface area (Å²) in [5, 5.41) is 3.03. The molecule has 2 aliphatic rings. The highest BCUT2D eigenvalue weighted by molar-refractivity contribution is 5.94. The van der Waals surface area contributed by atoms with Crippen molar-refractivity contribution < 1.29 is 9.59 Å². The Labute approximate surface area is 216 Å². The lowest BCUT2D eigenvalue weighted by Crippen LogP contribution is -2.51. The van der Waals surface area contributed by atoms with Gasteiger partial charge in [0.2, 0.25) is 5.91 Å². The molecule has 7 nitrogen and oxygen atoms in total. The average molecular weight is 492 g/mol. The lowest BCUT2D eigenvalue weighted by atomic mass is 10.0. The third-order valence-corrected chi connectivity index (χ3v) is 7.49. The lowest BCUT2D eigenvalue weighted by Gasteiger charge is -2.39. The van der Waals surface area contributed by atoms with Gasteiger partial charge in [-0.05, 0) is 55.6 Å². The number of hydrogen-bond acceptors (Lipinski definition) is 4. The normalized spacial score (nSPS) is 17.8. The van der Waals surface area contributed by atoms with Crippen LogP contribution in [-0.2, 0) is 4.79 Å². The number of likely N-dealkylation sites (N-methyl/N-ethyl adjacent to an activating group) is 1. The van der Waals surface area contributed by atoms with Crippen molar-refractivity contribution >= 4 is 23.3 Å². The van der Waals surface area contributed by atoms with Crippen LogP contribution in [0, 0.1) is 0 Å². The summed E-state index contributed by atoms with van der Waals surface area (Å²) in [6.45, 7) is 10.5. The number of carbonyl (C=O) groups excluding carboxylic acids is 2. The zero-order valence-electron chi connectivity index (χ0n) is 22.0. The van der Waals surface area contributed by atoms with Gasteiger partial charge in [0.15, 0.2) is 0 Å². The smallest absolute Gasteiger partial charge is 0.321 e. The number of nitrogens with one attached hydrogen (secondary N) is 1. The minimum atomic E-state index is -0.0709. The van der Waals surface area contributed by atoms with Crippen LogP contribution in [0.25, 0.3) is 0 Å². The van der Waals surface area contributed by atoms with E-state index in [4.69, 9.17) is 0 Å². The first-order valence-electron chi connectivity index (χ1n) is 13.3. The number of likely N-dealkylation sites (tertiary alicyclic amines) is 1. The summed E-state index contributed by atoms with van der Waals surface area (Å²) in [7, 11) is 2.15. The van der Waals surface area contributed by atoms with Crippen LogP contribution in [0.2, 0.25) is 0 Å². The first-order chi connectivity index (χ1) is 17.4. The van der Waals surface area contributed by atoms with Gasteiger partial charge in [-0.2, -0.15) is 0 Å². The molecule has 2 fully saturated rings. The molecule has 0 aliphatic carbocycles. The van der Waals surface area contributed by atoms with Crippen LogP contribution in [0.3, 0.4) is 0 Å². The molecule has 0 atom stereocenters. The Kier molecular flexibility index (Phi) is 8.99. The first kappa shape index (κ1) is 26.2. The number of carbonyl (C=O) groups is 2. The van der Waals surface area contributed by atoms with Gasteiger partial charge in [0.25, 0.3) is 0 Å². The highest BCUT2D eigenvalue weighted by Crippen LogP contribution is 2.25. The molecular weight excluding hydrogens is 450 g/mol. The van der Waals surface area contributed by atoms with Gasteiger partial charge in [-0.3, -0.25) is 4.79 Å². The Hall–Kier alpha value is -2.90. The molecule has 194 valence electrons. The van der Waals surface area contributed by atoms with E-state index < -0.39 is 0 Å². The van der Waals surface area contributed by atoms with Crippen molar-refractivity contribution in [3.05, 3.63) is 60.2 Å². The molecule has 3 amide bonds. The quantitative estimate of drug-likeness (QED) is 0.621. The van der Waals surface area contributed by atoms with Crippen molar-refractivity contribution in [3.63, 3.8) is 0 Å². The van der Waals surface area contributed by atoms with E-state index in [1.54, 1.807) is 0 Å². The van der Waals surface area contributed by atoms with Crippen LogP contribution in [0.15, 0.2) is 54.6 Å². The van der Waals surface area contributed by atoms with Crippen molar-refractivity contribution in [1.29, 1.82) is 0 Å². The number of piperidine rings is 1. The molecule has 36 heavy (non-hydrogen) atoms. The number of amides is 3. The van der Waals surface area contributed by atoms with E-state index in [-0.39, 0.29) is 18.0 Å². The Morgan fingerprint density at radius 3 is 2.17 bits per heavy atom. The third-order valence-electron chi connectivity index (χ3n) is 7.49. The van der Waals surface area contributed by atoms with Gasteiger partial charge in [-0.25, -0.2) is 4.79 Å². The lowest BCUT2D eigenvalue weighted by molar-refractivity contribution is -0.119. The van der Waals surface area contributed by atoms with Crippen LogP contribution in [0.1, 0.15) is 44.6 Å². The monoisotopic (exact) mass is 491 g/mol. The second kappa shape index (κ2) is 12.4. The molecular formula is C29H41N5O2. The number of nitrogens with zero attached hydrogens (tertiary/aromatic N) is 4. The van der Waals surface area contributed by atoms with Crippen LogP contribution in [0.5, 0.6) is 0 Å². The number of para-hydroxylation sites is 1. The topological polar surface area (TPSA) is 59.1 Å². The fraction of sp³-hybridized carbons (Fsp3) is 0.517. The fourth-order valence-corrected chi connectivity index (χ4v) is 5.07. The van der Waals surface area contributed by atoms with E-state index in [0.717, 1.165) is 56.9 Å². The molecule has 0 unspecified atom stereocenters. The van der Waals surface area contributed by atoms with Crippen molar-refractivity contribution in [3.8, 4) is 0 Å². The molecule has 1 N–H and O–H groups in total. The summed E-state index contributed by atoms with van der Waals surface area (Å²) in [4.78, 5) is 35.0. The third kappa shape index (κ3) is 6.86. The zero-order chi connectivity index (χ0) is 25.5. The molecule has 2 saturated heterocycles. The Morgan fingerprint density at radius 2 is 1.56 bits per heavy atom. The molecule has 2 heterocycles. The van der Waals surface area contributed by atoms with Gasteiger partial charge in [0.05, 0.1) is 0 Å². The summed E-state index contributed by atoms with van der Waals surface area (Å²) >= 11 is 0. The second-order valence-electron chi connectivity index (χ2n) is 10.4. The SMILES string of the molecule is CC(C)c1ccc(NC(=O)N2CCC(N(C(=O)CCN3CCN(C)CC3)c3ccccc3)CC2)cc1. The summed E-state index contributed by atoms with van der Waals surface area (Å²) in [6.07, 6.45) is 2.06. The summed E-state index contributed by atoms with van der Waals surface area (Å²) in [5.41, 5.74) is 3.03. The maximum atomic E-state index is 13.5. The van der Waals surface area contributed by atoms with Gasteiger partial charge in [-0.15, -0.1) is 0 Å². The molecule has 2 aliphatic heterocycles. The number of anilines is 2. The van der Waals surface area contributed by atoms with Crippen molar-refractivity contribution in [2.45, 2.75) is 45.1 Å². The van der Waals surface area contributed by atoms with Crippen molar-refractivity contribution in [2.24, 2.45) is 0 Å². The van der Waals surface area contributed by atoms with Gasteiger partial charge in [0.1, 0.15) is 0 Å². The first-order valence-corrected chi connectivity index (χ1v) is 13.3. The highest BCUT2D eigenvalue weighted by Gasteiger charge is 2.31. The molecule has 7 heteroatoms. The van der Waals surface area contributed by atoms with Crippen LogP contribution < -0.4 is 10.2 Å². The van der Waals surface area contributed by atoms with E-state index in [1.807, 2.05) is 52.3 Å². The number of benzene rings is 2. The molecule has 2 aromatic carbocycles. The molecule has 0 bridgehead atoms. The maximum absolute atomic E-state index is 13.5. The standard InChI is InChI=1S/C29H41N5O2/c1-23(2)24-9-11-25(12-10-24)30-29(36)33-17-13-27(14-18-33)34(26-7-5-4-6-8-26)28(35)15-16-32-21-19-31(3)20-22-32/h4-12,23,27H,13-22H2,1-3H3,(H,30,36). The maximum Gasteiger partial charge on any atom is 0.321 e. The van der Waals surface area contributed by atoms with Crippen LogP contribution in [-0.4, -0.2) is 85.5 Å². The van der Waals surface area contributed by atoms with Crippen molar-refractivity contribution in [1.82, 2.24) is 14.7 Å². The van der Waals surface area contributed by atoms with E-state index in [0.29, 0.717) is 25.4 Å². The largest absolute Gasteiger partial charge is 0.324 e. The van der Waals surface area contributed by atoms with Crippen LogP contribution in [0.4, 0.5) is 16.2 Å². The fourth-order valence-electron chi connectivity index (χ4n) is 5.07. The number of urea groups is 1. The Balaban J connectivity index is 1.34. The molecule has 0 spiro atoms. The van der Waals surface area contributed by atoms with Gasteiger partial charge < -0.3 is 24.9 Å². The molecule has 4 rings (SSSR count). The summed E-state index contributed by atoms with van der Waals surface area (Å²) in [5.74, 6) is 0.638. The van der Waals surface area contributed by atoms with E-state index in [2.05, 4.69) is 48.1 Å². The summed E-state index contributed by atoms with van der Waals surface area (Å²) in [6, 6.07) is 18.1. The van der Waals surface area contributed by atoms with Gasteiger partial charge in [0, 0.05) is 69.7 Å². The minimum Gasteiger partial charge on any atom is -0.324 e. The van der Waals surface area contributed by atoms with Crippen molar-refractivity contribution in [2.75, 3.05) is 63.1 Å². The van der Waals surface area contributed by atoms with E-state index in [9.17, 15) is 9.59 Å². The number of hydrogen-bond donors (Lipinski definition) is 1. The minimum absolute atomic E-state index is 0.0709. The predicted octanol–water partition coefficient (Wildman–Crippen LogP) is 4.48. The molecule has 2 aromatic rings. The Morgan fingerprint density at radius 1 is 0.917 bits per heavy atom. The van der Waals surface area contributed by atoms with Gasteiger partial charge >= 0.3 is 6.03 Å². The van der Waals surface area contributed by atoms with E-state index >= 15 is 0 Å². The average Bonchev–Trinajstić information content (AvgIpc) is 2.90. The predicted molar refractivity (Wildman–Crippen MR) is 147 cm³/mol. The van der Waals surface area contributed by atoms with E-state index in [1.165, 1.54) is 5.56 Å². The Bertz CT molecular complexity index is 978. The van der Waals surface area contributed by atoms with Crippen LogP contribution >= 0.6 is 0 Å².